The van der Waals surface area contributed by atoms with E-state index in [4.69, 9.17) is 4.98 Å². The molecular formula is C23H28N6. The Morgan fingerprint density at radius 1 is 1.10 bits per heavy atom. The Labute approximate surface area is 171 Å². The fourth-order valence-corrected chi connectivity index (χ4v) is 5.06. The minimum Gasteiger partial charge on any atom is -0.355 e. The van der Waals surface area contributed by atoms with Gasteiger partial charge >= 0.3 is 0 Å². The summed E-state index contributed by atoms with van der Waals surface area (Å²) in [7, 11) is 2.24. The van der Waals surface area contributed by atoms with Crippen molar-refractivity contribution in [3.63, 3.8) is 0 Å². The van der Waals surface area contributed by atoms with Gasteiger partial charge in [0, 0.05) is 38.8 Å². The fraction of sp³-hybridized carbons (Fsp3) is 0.478. The summed E-state index contributed by atoms with van der Waals surface area (Å²) in [6, 6.07) is 13.4. The van der Waals surface area contributed by atoms with Crippen molar-refractivity contribution in [1.29, 1.82) is 5.26 Å². The van der Waals surface area contributed by atoms with Crippen molar-refractivity contribution in [1.82, 2.24) is 19.2 Å². The lowest BCUT2D eigenvalue weighted by atomic mass is 10.0. The number of para-hydroxylation sites is 2. The Balaban J connectivity index is 1.49. The molecule has 150 valence electrons. The first-order valence-corrected chi connectivity index (χ1v) is 10.6. The van der Waals surface area contributed by atoms with Crippen molar-refractivity contribution >= 4 is 22.5 Å². The molecule has 4 heterocycles. The van der Waals surface area contributed by atoms with Gasteiger partial charge in [-0.05, 0) is 57.1 Å². The lowest BCUT2D eigenvalue weighted by molar-refractivity contribution is 0.106. The van der Waals surface area contributed by atoms with E-state index in [0.29, 0.717) is 11.6 Å². The summed E-state index contributed by atoms with van der Waals surface area (Å²) in [5.74, 6) is 1.16. The van der Waals surface area contributed by atoms with Gasteiger partial charge in [0.05, 0.1) is 16.6 Å². The number of hydrogen-bond donors (Lipinski definition) is 0. The predicted octanol–water partition coefficient (Wildman–Crippen LogP) is 2.88. The number of aromatic nitrogens is 2. The van der Waals surface area contributed by atoms with E-state index < -0.39 is 0 Å². The average Bonchev–Trinajstić information content (AvgIpc) is 3.12. The summed E-state index contributed by atoms with van der Waals surface area (Å²) in [5, 5.41) is 9.72. The Morgan fingerprint density at radius 2 is 1.90 bits per heavy atom. The van der Waals surface area contributed by atoms with E-state index in [0.717, 1.165) is 54.2 Å². The van der Waals surface area contributed by atoms with Crippen molar-refractivity contribution in [2.45, 2.75) is 25.8 Å². The summed E-state index contributed by atoms with van der Waals surface area (Å²) in [5.41, 5.74) is 4.47. The third-order valence-corrected chi connectivity index (χ3v) is 6.62. The summed E-state index contributed by atoms with van der Waals surface area (Å²) in [4.78, 5) is 12.4. The number of imidazole rings is 1. The Kier molecular flexibility index (Phi) is 4.65. The predicted molar refractivity (Wildman–Crippen MR) is 116 cm³/mol. The number of nitriles is 1. The maximum absolute atomic E-state index is 9.72. The lowest BCUT2D eigenvalue weighted by Crippen LogP contribution is -2.54. The molecule has 6 nitrogen and oxygen atoms in total. The minimum atomic E-state index is 0.675. The first-order chi connectivity index (χ1) is 14.2. The molecular weight excluding hydrogens is 360 g/mol. The van der Waals surface area contributed by atoms with Crippen LogP contribution in [-0.2, 0) is 0 Å². The topological polar surface area (TPSA) is 50.8 Å². The van der Waals surface area contributed by atoms with Gasteiger partial charge in [0.25, 0.3) is 0 Å². The van der Waals surface area contributed by atoms with E-state index in [-0.39, 0.29) is 0 Å². The number of fused-ring (bicyclic) bond motifs is 3. The van der Waals surface area contributed by atoms with E-state index >= 15 is 0 Å². The van der Waals surface area contributed by atoms with Crippen LogP contribution in [0.1, 0.15) is 24.0 Å². The molecule has 1 aromatic carbocycles. The molecule has 1 unspecified atom stereocenters. The second-order valence-electron chi connectivity index (χ2n) is 8.51. The highest BCUT2D eigenvalue weighted by atomic mass is 15.3. The van der Waals surface area contributed by atoms with Crippen molar-refractivity contribution in [3.8, 4) is 6.07 Å². The Bertz CT molecular complexity index is 1090. The number of hydrogen-bond acceptors (Lipinski definition) is 5. The molecule has 0 radical (unpaired) electrons. The molecule has 2 aliphatic rings. The molecule has 6 heteroatoms. The number of nitrogens with zero attached hydrogens (tertiary/aromatic N) is 6. The molecule has 0 saturated carbocycles. The monoisotopic (exact) mass is 388 g/mol. The van der Waals surface area contributed by atoms with Crippen LogP contribution in [-0.4, -0.2) is 71.5 Å². The van der Waals surface area contributed by atoms with Gasteiger partial charge in [-0.2, -0.15) is 5.26 Å². The molecule has 1 atom stereocenters. The number of piperazine rings is 1. The first-order valence-electron chi connectivity index (χ1n) is 10.6. The molecule has 2 aromatic heterocycles. The maximum Gasteiger partial charge on any atom is 0.157 e. The molecule has 0 N–H and O–H groups in total. The number of aryl methyl sites for hydroxylation is 1. The van der Waals surface area contributed by atoms with Gasteiger partial charge in [0.15, 0.2) is 5.65 Å². The van der Waals surface area contributed by atoms with Gasteiger partial charge < -0.3 is 9.80 Å². The van der Waals surface area contributed by atoms with Crippen LogP contribution < -0.4 is 4.90 Å². The van der Waals surface area contributed by atoms with Crippen molar-refractivity contribution in [2.24, 2.45) is 0 Å². The largest absolute Gasteiger partial charge is 0.355 e. The summed E-state index contributed by atoms with van der Waals surface area (Å²) in [6.45, 7) is 8.63. The van der Waals surface area contributed by atoms with E-state index in [1.165, 1.54) is 25.9 Å². The lowest BCUT2D eigenvalue weighted by Gasteiger charge is -2.43. The van der Waals surface area contributed by atoms with Crippen LogP contribution >= 0.6 is 0 Å². The summed E-state index contributed by atoms with van der Waals surface area (Å²) >= 11 is 0. The zero-order chi connectivity index (χ0) is 20.0. The quantitative estimate of drug-likeness (QED) is 0.676. The summed E-state index contributed by atoms with van der Waals surface area (Å²) < 4.78 is 2.19. The Hall–Kier alpha value is -2.62. The zero-order valence-electron chi connectivity index (χ0n) is 17.3. The number of likely N-dealkylation sites (tertiary alicyclic amines) is 1. The van der Waals surface area contributed by atoms with Crippen LogP contribution in [0.2, 0.25) is 0 Å². The van der Waals surface area contributed by atoms with Crippen molar-refractivity contribution in [3.05, 3.63) is 41.5 Å². The minimum absolute atomic E-state index is 0.675. The van der Waals surface area contributed by atoms with E-state index in [2.05, 4.69) is 44.4 Å². The molecule has 3 aromatic rings. The third kappa shape index (κ3) is 3.15. The van der Waals surface area contributed by atoms with Gasteiger partial charge in [-0.25, -0.2) is 4.98 Å². The molecule has 29 heavy (non-hydrogen) atoms. The van der Waals surface area contributed by atoms with Crippen LogP contribution in [0.3, 0.4) is 0 Å². The number of benzene rings is 1. The van der Waals surface area contributed by atoms with Gasteiger partial charge in [0.1, 0.15) is 11.9 Å². The van der Waals surface area contributed by atoms with Gasteiger partial charge in [-0.1, -0.05) is 12.1 Å². The van der Waals surface area contributed by atoms with E-state index in [1.54, 1.807) is 0 Å². The smallest absolute Gasteiger partial charge is 0.157 e. The molecule has 2 aliphatic heterocycles. The third-order valence-electron chi connectivity index (χ3n) is 6.62. The zero-order valence-corrected chi connectivity index (χ0v) is 17.3. The van der Waals surface area contributed by atoms with Crippen LogP contribution in [0, 0.1) is 18.3 Å². The van der Waals surface area contributed by atoms with E-state index in [9.17, 15) is 5.26 Å². The molecule has 2 saturated heterocycles. The SMILES string of the molecule is Cc1cc(N2CCN(C3CCCN(C)C3)CC2)n2c(nc3ccccc32)c1C#N. The average molecular weight is 389 g/mol. The highest BCUT2D eigenvalue weighted by Crippen LogP contribution is 2.29. The Morgan fingerprint density at radius 3 is 2.66 bits per heavy atom. The van der Waals surface area contributed by atoms with Gasteiger partial charge in [-0.15, -0.1) is 0 Å². The fourth-order valence-electron chi connectivity index (χ4n) is 5.06. The van der Waals surface area contributed by atoms with Crippen LogP contribution in [0.4, 0.5) is 5.82 Å². The second kappa shape index (κ2) is 7.33. The van der Waals surface area contributed by atoms with Crippen LogP contribution in [0.25, 0.3) is 16.7 Å². The molecule has 0 amide bonds. The number of piperidine rings is 1. The van der Waals surface area contributed by atoms with Crippen molar-refractivity contribution < 1.29 is 0 Å². The van der Waals surface area contributed by atoms with Gasteiger partial charge in [-0.3, -0.25) is 9.30 Å². The number of likely N-dealkylation sites (N-methyl/N-ethyl adjacent to an activating group) is 1. The number of anilines is 1. The highest BCUT2D eigenvalue weighted by molar-refractivity contribution is 5.85. The molecule has 5 rings (SSSR count). The van der Waals surface area contributed by atoms with Gasteiger partial charge in [0.2, 0.25) is 0 Å². The normalized spacial score (nSPS) is 21.7. The molecule has 0 bridgehead atoms. The molecule has 0 aliphatic carbocycles. The molecule has 0 spiro atoms. The van der Waals surface area contributed by atoms with Crippen molar-refractivity contribution in [2.75, 3.05) is 51.2 Å². The number of pyridine rings is 1. The summed E-state index contributed by atoms with van der Waals surface area (Å²) in [6.07, 6.45) is 2.62. The van der Waals surface area contributed by atoms with E-state index in [1.807, 2.05) is 25.1 Å². The highest BCUT2D eigenvalue weighted by Gasteiger charge is 2.28. The standard InChI is InChI=1S/C23H28N6/c1-17-14-22(28-12-10-27(11-13-28)18-6-5-9-26(2)16-18)29-21-8-4-3-7-20(21)25-23(29)19(17)15-24/h3-4,7-8,14,18H,5-6,9-13,16H2,1-2H3. The number of rotatable bonds is 2. The van der Waals surface area contributed by atoms with Crippen LogP contribution in [0.15, 0.2) is 30.3 Å². The maximum atomic E-state index is 9.72. The van der Waals surface area contributed by atoms with Crippen LogP contribution in [0.5, 0.6) is 0 Å². The molecule has 2 fully saturated rings. The first kappa shape index (κ1) is 18.4. The second-order valence-corrected chi connectivity index (χ2v) is 8.51.